The molecule has 0 bridgehead atoms. The number of carbonyl (C=O) groups excluding carboxylic acids is 2. The average Bonchev–Trinajstić information content (AvgIpc) is 2.67. The van der Waals surface area contributed by atoms with Gasteiger partial charge in [0.2, 0.25) is 15.9 Å². The second-order valence-corrected chi connectivity index (χ2v) is 8.90. The summed E-state index contributed by atoms with van der Waals surface area (Å²) in [5, 5.41) is 2.71. The number of methoxy groups -OCH3 is 1. The molecule has 1 saturated heterocycles. The van der Waals surface area contributed by atoms with Crippen molar-refractivity contribution >= 4 is 21.9 Å². The van der Waals surface area contributed by atoms with Gasteiger partial charge in [0.15, 0.2) is 0 Å². The summed E-state index contributed by atoms with van der Waals surface area (Å²) in [6.07, 6.45) is 1.10. The maximum atomic E-state index is 12.9. The van der Waals surface area contributed by atoms with E-state index in [1.807, 2.05) is 0 Å². The summed E-state index contributed by atoms with van der Waals surface area (Å²) in [6, 6.07) is 6.19. The van der Waals surface area contributed by atoms with Crippen molar-refractivity contribution in [3.63, 3.8) is 0 Å². The molecule has 0 aromatic heterocycles. The fourth-order valence-electron chi connectivity index (χ4n) is 3.03. The number of rotatable bonds is 8. The van der Waals surface area contributed by atoms with E-state index in [9.17, 15) is 18.0 Å². The first-order valence-electron chi connectivity index (χ1n) is 9.35. The Balaban J connectivity index is 1.93. The molecule has 0 radical (unpaired) electrons. The Bertz CT molecular complexity index is 776. The number of benzene rings is 1. The number of hydrogen-bond acceptors (Lipinski definition) is 6. The number of sulfonamides is 1. The predicted octanol–water partition coefficient (Wildman–Crippen LogP) is 1.55. The predicted molar refractivity (Wildman–Crippen MR) is 103 cm³/mol. The molecular formula is C19H28N2O6S. The number of nitrogens with zero attached hydrogens (tertiary/aromatic N) is 1. The summed E-state index contributed by atoms with van der Waals surface area (Å²) in [6.45, 7) is 4.19. The fraction of sp³-hybridized carbons (Fsp3) is 0.579. The Labute approximate surface area is 166 Å². The van der Waals surface area contributed by atoms with Gasteiger partial charge >= 0.3 is 5.97 Å². The lowest BCUT2D eigenvalue weighted by Gasteiger charge is -2.31. The summed E-state index contributed by atoms with van der Waals surface area (Å²) >= 11 is 0. The normalized spacial score (nSPS) is 17.9. The van der Waals surface area contributed by atoms with E-state index in [4.69, 9.17) is 9.47 Å². The van der Waals surface area contributed by atoms with Gasteiger partial charge in [0.05, 0.1) is 30.4 Å². The van der Waals surface area contributed by atoms with Crippen LogP contribution in [0.2, 0.25) is 0 Å². The number of esters is 1. The van der Waals surface area contributed by atoms with E-state index in [2.05, 4.69) is 5.32 Å². The molecule has 1 fully saturated rings. The Morgan fingerprint density at radius 1 is 1.25 bits per heavy atom. The van der Waals surface area contributed by atoms with Gasteiger partial charge in [-0.15, -0.1) is 0 Å². The van der Waals surface area contributed by atoms with Crippen LogP contribution in [0.3, 0.4) is 0 Å². The Morgan fingerprint density at radius 3 is 2.54 bits per heavy atom. The van der Waals surface area contributed by atoms with Crippen LogP contribution < -0.4 is 10.1 Å². The summed E-state index contributed by atoms with van der Waals surface area (Å²) in [4.78, 5) is 24.1. The van der Waals surface area contributed by atoms with Crippen LogP contribution in [0.1, 0.15) is 33.1 Å². The van der Waals surface area contributed by atoms with Crippen LogP contribution in [0.4, 0.5) is 0 Å². The maximum Gasteiger partial charge on any atom is 0.307 e. The van der Waals surface area contributed by atoms with Gasteiger partial charge in [-0.05, 0) is 51.0 Å². The lowest BCUT2D eigenvalue weighted by Crippen LogP contribution is -2.45. The molecule has 1 aliphatic heterocycles. The third-order valence-electron chi connectivity index (χ3n) is 4.45. The largest absolute Gasteiger partial charge is 0.497 e. The molecule has 28 heavy (non-hydrogen) atoms. The first-order valence-corrected chi connectivity index (χ1v) is 10.8. The molecule has 9 heteroatoms. The van der Waals surface area contributed by atoms with Crippen LogP contribution in [0.15, 0.2) is 29.2 Å². The monoisotopic (exact) mass is 412 g/mol. The molecule has 1 aliphatic rings. The molecule has 0 aliphatic carbocycles. The van der Waals surface area contributed by atoms with Crippen LogP contribution in [-0.4, -0.2) is 57.4 Å². The standard InChI is InChI=1S/C19H28N2O6S/c1-14(2)27-18(22)10-11-20-19(23)15-5-4-12-21(13-15)28(24,25)17-8-6-16(26-3)7-9-17/h6-9,14-15H,4-5,10-13H2,1-3H3,(H,20,23). The summed E-state index contributed by atoms with van der Waals surface area (Å²) in [5.41, 5.74) is 0. The Hall–Kier alpha value is -2.13. The minimum absolute atomic E-state index is 0.0878. The van der Waals surface area contributed by atoms with Crippen LogP contribution in [0.25, 0.3) is 0 Å². The molecule has 1 atom stereocenters. The van der Waals surface area contributed by atoms with E-state index in [1.165, 1.54) is 23.5 Å². The Morgan fingerprint density at radius 2 is 1.93 bits per heavy atom. The van der Waals surface area contributed by atoms with Crippen molar-refractivity contribution in [2.75, 3.05) is 26.7 Å². The SMILES string of the molecule is COc1ccc(S(=O)(=O)N2CCCC(C(=O)NCCC(=O)OC(C)C)C2)cc1. The summed E-state index contributed by atoms with van der Waals surface area (Å²) < 4.78 is 37.1. The first-order chi connectivity index (χ1) is 13.2. The van der Waals surface area contributed by atoms with E-state index < -0.39 is 15.9 Å². The molecule has 2 rings (SSSR count). The number of piperidine rings is 1. The van der Waals surface area contributed by atoms with Gasteiger partial charge in [-0.1, -0.05) is 0 Å². The fourth-order valence-corrected chi connectivity index (χ4v) is 4.55. The van der Waals surface area contributed by atoms with Gasteiger partial charge in [-0.3, -0.25) is 9.59 Å². The van der Waals surface area contributed by atoms with Crippen molar-refractivity contribution < 1.29 is 27.5 Å². The highest BCUT2D eigenvalue weighted by Crippen LogP contribution is 2.25. The molecule has 156 valence electrons. The summed E-state index contributed by atoms with van der Waals surface area (Å²) in [5.74, 6) is -0.483. The molecular weight excluding hydrogens is 384 g/mol. The van der Waals surface area contributed by atoms with Crippen LogP contribution in [0.5, 0.6) is 5.75 Å². The molecule has 1 aromatic rings. The van der Waals surface area contributed by atoms with Gasteiger partial charge in [0.1, 0.15) is 5.75 Å². The summed E-state index contributed by atoms with van der Waals surface area (Å²) in [7, 11) is -2.16. The topological polar surface area (TPSA) is 102 Å². The lowest BCUT2D eigenvalue weighted by atomic mass is 9.99. The maximum absolute atomic E-state index is 12.9. The van der Waals surface area contributed by atoms with Crippen molar-refractivity contribution in [2.45, 2.75) is 44.1 Å². The highest BCUT2D eigenvalue weighted by molar-refractivity contribution is 7.89. The Kier molecular flexibility index (Phi) is 7.82. The van der Waals surface area contributed by atoms with Crippen LogP contribution >= 0.6 is 0 Å². The number of hydrogen-bond donors (Lipinski definition) is 1. The molecule has 1 unspecified atom stereocenters. The zero-order valence-electron chi connectivity index (χ0n) is 16.5. The van der Waals surface area contributed by atoms with Crippen molar-refractivity contribution in [3.05, 3.63) is 24.3 Å². The van der Waals surface area contributed by atoms with E-state index in [0.717, 1.165) is 0 Å². The molecule has 1 amide bonds. The number of amides is 1. The van der Waals surface area contributed by atoms with Crippen molar-refractivity contribution in [2.24, 2.45) is 5.92 Å². The van der Waals surface area contributed by atoms with Crippen molar-refractivity contribution in [1.29, 1.82) is 0 Å². The zero-order valence-corrected chi connectivity index (χ0v) is 17.3. The van der Waals surface area contributed by atoms with E-state index in [-0.39, 0.29) is 42.4 Å². The van der Waals surface area contributed by atoms with Crippen molar-refractivity contribution in [3.8, 4) is 5.75 Å². The number of nitrogens with one attached hydrogen (secondary N) is 1. The van der Waals surface area contributed by atoms with E-state index in [1.54, 1.807) is 26.0 Å². The van der Waals surface area contributed by atoms with E-state index in [0.29, 0.717) is 25.1 Å². The highest BCUT2D eigenvalue weighted by atomic mass is 32.2. The highest BCUT2D eigenvalue weighted by Gasteiger charge is 2.33. The lowest BCUT2D eigenvalue weighted by molar-refractivity contribution is -0.147. The minimum atomic E-state index is -3.68. The van der Waals surface area contributed by atoms with Gasteiger partial charge in [-0.2, -0.15) is 4.31 Å². The minimum Gasteiger partial charge on any atom is -0.497 e. The van der Waals surface area contributed by atoms with Crippen LogP contribution in [0, 0.1) is 5.92 Å². The second-order valence-electron chi connectivity index (χ2n) is 6.96. The van der Waals surface area contributed by atoms with E-state index >= 15 is 0 Å². The third kappa shape index (κ3) is 5.93. The molecule has 1 heterocycles. The molecule has 1 aromatic carbocycles. The molecule has 1 N–H and O–H groups in total. The quantitative estimate of drug-likeness (QED) is 0.650. The van der Waals surface area contributed by atoms with Gasteiger partial charge in [0, 0.05) is 19.6 Å². The van der Waals surface area contributed by atoms with Crippen molar-refractivity contribution in [1.82, 2.24) is 9.62 Å². The second kappa shape index (κ2) is 9.88. The molecule has 8 nitrogen and oxygen atoms in total. The van der Waals surface area contributed by atoms with Gasteiger partial charge in [0.25, 0.3) is 0 Å². The molecule has 0 spiro atoms. The van der Waals surface area contributed by atoms with Gasteiger partial charge < -0.3 is 14.8 Å². The number of ether oxygens (including phenoxy) is 2. The smallest absolute Gasteiger partial charge is 0.307 e. The number of carbonyl (C=O) groups is 2. The average molecular weight is 413 g/mol. The first kappa shape index (κ1) is 22.2. The third-order valence-corrected chi connectivity index (χ3v) is 6.33. The van der Waals surface area contributed by atoms with Gasteiger partial charge in [-0.25, -0.2) is 8.42 Å². The van der Waals surface area contributed by atoms with Crippen LogP contribution in [-0.2, 0) is 24.3 Å². The molecule has 0 saturated carbocycles. The zero-order chi connectivity index (χ0) is 20.7.